The zero-order valence-electron chi connectivity index (χ0n) is 23.0. The third-order valence-electron chi connectivity index (χ3n) is 8.42. The van der Waals surface area contributed by atoms with Gasteiger partial charge in [0, 0.05) is 5.56 Å². The van der Waals surface area contributed by atoms with Gasteiger partial charge < -0.3 is 4.74 Å². The van der Waals surface area contributed by atoms with E-state index in [0.29, 0.717) is 36.0 Å². The number of nitrogens with zero attached hydrogens (tertiary/aromatic N) is 1. The Hall–Kier alpha value is -1.97. The van der Waals surface area contributed by atoms with Gasteiger partial charge in [0.2, 0.25) is 0 Å². The summed E-state index contributed by atoms with van der Waals surface area (Å²) in [7, 11) is 0. The highest BCUT2D eigenvalue weighted by Crippen LogP contribution is 2.36. The quantitative estimate of drug-likeness (QED) is 0.197. The molecule has 0 aliphatic heterocycles. The normalized spacial score (nSPS) is 17.1. The molecule has 4 heteroatoms. The lowest BCUT2D eigenvalue weighted by molar-refractivity contribution is 0.303. The van der Waals surface area contributed by atoms with Crippen molar-refractivity contribution in [2.75, 3.05) is 6.61 Å². The summed E-state index contributed by atoms with van der Waals surface area (Å²) in [6.45, 7) is 2.92. The van der Waals surface area contributed by atoms with Crippen LogP contribution in [0.3, 0.4) is 0 Å². The van der Waals surface area contributed by atoms with Gasteiger partial charge in [0.1, 0.15) is 5.75 Å². The van der Waals surface area contributed by atoms with Crippen LogP contribution in [0.15, 0.2) is 24.4 Å². The number of rotatable bonds is 17. The van der Waals surface area contributed by atoms with Crippen molar-refractivity contribution in [3.05, 3.63) is 47.2 Å². The van der Waals surface area contributed by atoms with Crippen molar-refractivity contribution in [3.63, 3.8) is 0 Å². The molecule has 204 valence electrons. The maximum absolute atomic E-state index is 15.2. The molecular formula is C33H47F2NO. The van der Waals surface area contributed by atoms with E-state index in [2.05, 4.69) is 11.9 Å². The van der Waals surface area contributed by atoms with Gasteiger partial charge >= 0.3 is 0 Å². The Morgan fingerprint density at radius 2 is 1.51 bits per heavy atom. The van der Waals surface area contributed by atoms with Gasteiger partial charge in [-0.3, -0.25) is 4.98 Å². The zero-order valence-corrected chi connectivity index (χ0v) is 23.0. The van der Waals surface area contributed by atoms with E-state index in [0.717, 1.165) is 37.2 Å². The van der Waals surface area contributed by atoms with Gasteiger partial charge in [-0.15, -0.1) is 0 Å². The number of pyridine rings is 1. The molecule has 0 amide bonds. The van der Waals surface area contributed by atoms with Crippen molar-refractivity contribution in [1.82, 2.24) is 4.98 Å². The molecule has 0 bridgehead atoms. The van der Waals surface area contributed by atoms with E-state index in [-0.39, 0.29) is 5.56 Å². The minimum atomic E-state index is -0.761. The lowest BCUT2D eigenvalue weighted by atomic mass is 9.80. The van der Waals surface area contributed by atoms with Crippen LogP contribution in [0.25, 0.3) is 11.3 Å². The Morgan fingerprint density at radius 1 is 0.811 bits per heavy atom. The summed E-state index contributed by atoms with van der Waals surface area (Å²) in [5.41, 5.74) is 2.28. The van der Waals surface area contributed by atoms with E-state index < -0.39 is 11.6 Å². The van der Waals surface area contributed by atoms with Gasteiger partial charge in [-0.2, -0.15) is 0 Å². The molecule has 0 radical (unpaired) electrons. The highest BCUT2D eigenvalue weighted by atomic mass is 19.2. The summed E-state index contributed by atoms with van der Waals surface area (Å²) in [6.07, 6.45) is 23.5. The number of ether oxygens (including phenoxy) is 1. The zero-order chi connectivity index (χ0) is 25.9. The fraction of sp³-hybridized carbons (Fsp3) is 0.667. The largest absolute Gasteiger partial charge is 0.492 e. The molecule has 1 aromatic heterocycles. The lowest BCUT2D eigenvalue weighted by Crippen LogP contribution is -2.17. The SMILES string of the molecule is CCCCCCCCCC1CCc2cc(-c3ccc(OCCCCCCC4CC4)cn3)c(F)c(F)c2C1. The number of fused-ring (bicyclic) bond motifs is 1. The number of hydrogen-bond donors (Lipinski definition) is 0. The van der Waals surface area contributed by atoms with Crippen LogP contribution in [0.1, 0.15) is 121 Å². The number of unbranched alkanes of at least 4 members (excludes halogenated alkanes) is 9. The molecule has 1 fully saturated rings. The summed E-state index contributed by atoms with van der Waals surface area (Å²) in [5, 5.41) is 0. The molecule has 1 atom stereocenters. The number of halogens is 2. The molecule has 0 N–H and O–H groups in total. The predicted molar refractivity (Wildman–Crippen MR) is 149 cm³/mol. The van der Waals surface area contributed by atoms with Crippen molar-refractivity contribution < 1.29 is 13.5 Å². The van der Waals surface area contributed by atoms with Gasteiger partial charge in [0.25, 0.3) is 0 Å². The fourth-order valence-electron chi connectivity index (χ4n) is 5.84. The molecule has 2 aliphatic rings. The van der Waals surface area contributed by atoms with E-state index in [1.807, 2.05) is 12.1 Å². The van der Waals surface area contributed by atoms with Gasteiger partial charge in [-0.25, -0.2) is 8.78 Å². The number of benzene rings is 1. The summed E-state index contributed by atoms with van der Waals surface area (Å²) in [5.74, 6) is 0.749. The molecule has 0 spiro atoms. The van der Waals surface area contributed by atoms with Crippen molar-refractivity contribution in [1.29, 1.82) is 0 Å². The first kappa shape index (κ1) is 28.0. The Morgan fingerprint density at radius 3 is 2.22 bits per heavy atom. The maximum Gasteiger partial charge on any atom is 0.168 e. The molecule has 4 rings (SSSR count). The van der Waals surface area contributed by atoms with Gasteiger partial charge in [0.15, 0.2) is 11.6 Å². The van der Waals surface area contributed by atoms with Crippen LogP contribution in [-0.2, 0) is 12.8 Å². The fourth-order valence-corrected chi connectivity index (χ4v) is 5.84. The molecular weight excluding hydrogens is 464 g/mol. The first-order valence-corrected chi connectivity index (χ1v) is 15.2. The second-order valence-corrected chi connectivity index (χ2v) is 11.6. The monoisotopic (exact) mass is 511 g/mol. The smallest absolute Gasteiger partial charge is 0.168 e. The molecule has 2 aliphatic carbocycles. The van der Waals surface area contributed by atoms with Gasteiger partial charge in [-0.1, -0.05) is 96.8 Å². The third-order valence-corrected chi connectivity index (χ3v) is 8.42. The second-order valence-electron chi connectivity index (χ2n) is 11.6. The highest BCUT2D eigenvalue weighted by molar-refractivity contribution is 5.63. The average molecular weight is 512 g/mol. The first-order chi connectivity index (χ1) is 18.2. The molecule has 1 heterocycles. The summed E-state index contributed by atoms with van der Waals surface area (Å²) < 4.78 is 36.1. The van der Waals surface area contributed by atoms with Crippen LogP contribution in [-0.4, -0.2) is 11.6 Å². The standard InChI is InChI=1S/C33H47F2NO/c1-2-3-4-5-6-7-11-14-26-17-18-27-23-30(33(35)32(34)29(27)22-26)31-20-19-28(24-36-31)37-21-12-9-8-10-13-25-15-16-25/h19-20,23-26H,2-18,21-22H2,1H3. The Balaban J connectivity index is 1.23. The van der Waals surface area contributed by atoms with Crippen LogP contribution in [0, 0.1) is 23.5 Å². The molecule has 37 heavy (non-hydrogen) atoms. The molecule has 1 unspecified atom stereocenters. The Bertz CT molecular complexity index is 954. The average Bonchev–Trinajstić information content (AvgIpc) is 3.75. The summed E-state index contributed by atoms with van der Waals surface area (Å²) in [4.78, 5) is 4.41. The van der Waals surface area contributed by atoms with E-state index in [1.54, 1.807) is 12.3 Å². The highest BCUT2D eigenvalue weighted by Gasteiger charge is 2.26. The minimum Gasteiger partial charge on any atom is -0.492 e. The van der Waals surface area contributed by atoms with Gasteiger partial charge in [-0.05, 0) is 66.8 Å². The van der Waals surface area contributed by atoms with Crippen molar-refractivity contribution in [2.24, 2.45) is 11.8 Å². The van der Waals surface area contributed by atoms with Gasteiger partial charge in [0.05, 0.1) is 18.5 Å². The van der Waals surface area contributed by atoms with Crippen LogP contribution in [0.5, 0.6) is 5.75 Å². The Kier molecular flexibility index (Phi) is 11.2. The van der Waals surface area contributed by atoms with Crippen LogP contribution >= 0.6 is 0 Å². The molecule has 2 aromatic rings. The summed E-state index contributed by atoms with van der Waals surface area (Å²) >= 11 is 0. The van der Waals surface area contributed by atoms with E-state index in [1.165, 1.54) is 83.5 Å². The van der Waals surface area contributed by atoms with Crippen molar-refractivity contribution >= 4 is 0 Å². The molecule has 1 saturated carbocycles. The topological polar surface area (TPSA) is 22.1 Å². The summed E-state index contributed by atoms with van der Waals surface area (Å²) in [6, 6.07) is 5.41. The number of hydrogen-bond acceptors (Lipinski definition) is 2. The lowest BCUT2D eigenvalue weighted by Gasteiger charge is -2.26. The predicted octanol–water partition coefficient (Wildman–Crippen LogP) is 10.0. The third kappa shape index (κ3) is 8.79. The molecule has 2 nitrogen and oxygen atoms in total. The van der Waals surface area contributed by atoms with Crippen LogP contribution < -0.4 is 4.74 Å². The van der Waals surface area contributed by atoms with Crippen molar-refractivity contribution in [3.8, 4) is 17.0 Å². The molecule has 1 aromatic carbocycles. The van der Waals surface area contributed by atoms with Crippen LogP contribution in [0.2, 0.25) is 0 Å². The van der Waals surface area contributed by atoms with Crippen LogP contribution in [0.4, 0.5) is 8.78 Å². The molecule has 0 saturated heterocycles. The maximum atomic E-state index is 15.2. The number of aromatic nitrogens is 1. The van der Waals surface area contributed by atoms with Crippen molar-refractivity contribution in [2.45, 2.75) is 122 Å². The number of aryl methyl sites for hydroxylation is 1. The minimum absolute atomic E-state index is 0.268. The van der Waals surface area contributed by atoms with E-state index >= 15 is 8.78 Å². The van der Waals surface area contributed by atoms with E-state index in [4.69, 9.17) is 4.74 Å². The van der Waals surface area contributed by atoms with E-state index in [9.17, 15) is 0 Å². The second kappa shape index (κ2) is 14.8. The Labute approximate surface area is 223 Å². The first-order valence-electron chi connectivity index (χ1n) is 15.2.